The predicted molar refractivity (Wildman–Crippen MR) is 98.0 cm³/mol. The molecule has 0 aromatic carbocycles. The lowest BCUT2D eigenvalue weighted by Gasteiger charge is -2.30. The van der Waals surface area contributed by atoms with Crippen molar-refractivity contribution in [3.05, 3.63) is 40.4 Å². The summed E-state index contributed by atoms with van der Waals surface area (Å²) in [5.74, 6) is 0.126. The first-order valence-electron chi connectivity index (χ1n) is 8.76. The molecule has 0 saturated carbocycles. The number of nitrogens with zero attached hydrogens (tertiary/aromatic N) is 5. The molecule has 3 rings (SSSR count). The molecule has 1 aliphatic heterocycles. The van der Waals surface area contributed by atoms with Crippen molar-refractivity contribution in [3.63, 3.8) is 0 Å². The lowest BCUT2D eigenvalue weighted by molar-refractivity contribution is -0.132. The van der Waals surface area contributed by atoms with E-state index in [1.54, 1.807) is 30.7 Å². The Morgan fingerprint density at radius 3 is 2.80 bits per heavy atom. The van der Waals surface area contributed by atoms with Gasteiger partial charge in [-0.1, -0.05) is 0 Å². The predicted octanol–water partition coefficient (Wildman–Crippen LogP) is 2.64. The third kappa shape index (κ3) is 4.83. The molecule has 2 aromatic rings. The summed E-state index contributed by atoms with van der Waals surface area (Å²) in [5, 5.41) is 0. The van der Waals surface area contributed by atoms with Crippen LogP contribution in [0.25, 0.3) is 0 Å². The Labute approximate surface area is 152 Å². The van der Waals surface area contributed by atoms with Crippen LogP contribution in [0.3, 0.4) is 0 Å². The first kappa shape index (κ1) is 17.9. The number of aryl methyl sites for hydroxylation is 1. The summed E-state index contributed by atoms with van der Waals surface area (Å²) in [4.78, 5) is 30.5. The SMILES string of the molecule is CC(=O)N(Cc1cncnc1)[C@@H]1CCCN(Cc2scnc2C)CC1. The van der Waals surface area contributed by atoms with Gasteiger partial charge in [0.05, 0.1) is 11.2 Å². The number of carbonyl (C=O) groups is 1. The summed E-state index contributed by atoms with van der Waals surface area (Å²) in [6.45, 7) is 7.38. The van der Waals surface area contributed by atoms with Crippen LogP contribution < -0.4 is 0 Å². The van der Waals surface area contributed by atoms with Gasteiger partial charge in [0, 0.05) is 55.4 Å². The molecule has 1 atom stereocenters. The minimum absolute atomic E-state index is 0.126. The Morgan fingerprint density at radius 1 is 1.32 bits per heavy atom. The van der Waals surface area contributed by atoms with Gasteiger partial charge in [-0.3, -0.25) is 9.69 Å². The first-order valence-corrected chi connectivity index (χ1v) is 9.64. The van der Waals surface area contributed by atoms with Gasteiger partial charge < -0.3 is 4.90 Å². The zero-order chi connectivity index (χ0) is 17.6. The average molecular weight is 359 g/mol. The number of thiazole rings is 1. The van der Waals surface area contributed by atoms with Crippen LogP contribution in [0.15, 0.2) is 24.2 Å². The largest absolute Gasteiger partial charge is 0.335 e. The highest BCUT2D eigenvalue weighted by atomic mass is 32.1. The quantitative estimate of drug-likeness (QED) is 0.821. The van der Waals surface area contributed by atoms with Gasteiger partial charge >= 0.3 is 0 Å². The van der Waals surface area contributed by atoms with E-state index in [1.807, 2.05) is 10.4 Å². The molecule has 0 spiro atoms. The van der Waals surface area contributed by atoms with Crippen LogP contribution >= 0.6 is 11.3 Å². The molecule has 0 unspecified atom stereocenters. The molecule has 3 heterocycles. The van der Waals surface area contributed by atoms with Crippen molar-refractivity contribution in [3.8, 4) is 0 Å². The van der Waals surface area contributed by atoms with Gasteiger partial charge in [-0.05, 0) is 32.7 Å². The highest BCUT2D eigenvalue weighted by Gasteiger charge is 2.25. The fourth-order valence-corrected chi connectivity index (χ4v) is 4.21. The Morgan fingerprint density at radius 2 is 2.12 bits per heavy atom. The van der Waals surface area contributed by atoms with Gasteiger partial charge in [0.1, 0.15) is 6.33 Å². The molecular weight excluding hydrogens is 334 g/mol. The van der Waals surface area contributed by atoms with E-state index in [0.717, 1.165) is 50.2 Å². The summed E-state index contributed by atoms with van der Waals surface area (Å²) in [6, 6.07) is 0.283. The third-order valence-electron chi connectivity index (χ3n) is 4.81. The van der Waals surface area contributed by atoms with Gasteiger partial charge in [0.2, 0.25) is 5.91 Å². The smallest absolute Gasteiger partial charge is 0.219 e. The fraction of sp³-hybridized carbons (Fsp3) is 0.556. The second-order valence-corrected chi connectivity index (χ2v) is 7.55. The van der Waals surface area contributed by atoms with Crippen LogP contribution in [-0.4, -0.2) is 49.8 Å². The maximum Gasteiger partial charge on any atom is 0.219 e. The zero-order valence-corrected chi connectivity index (χ0v) is 15.7. The molecule has 6 nitrogen and oxygen atoms in total. The summed E-state index contributed by atoms with van der Waals surface area (Å²) in [6.07, 6.45) is 8.26. The van der Waals surface area contributed by atoms with E-state index in [4.69, 9.17) is 0 Å². The van der Waals surface area contributed by atoms with E-state index in [2.05, 4.69) is 26.8 Å². The fourth-order valence-electron chi connectivity index (χ4n) is 3.39. The number of carbonyl (C=O) groups excluding carboxylic acids is 1. The lowest BCUT2D eigenvalue weighted by atomic mass is 10.1. The number of hydrogen-bond acceptors (Lipinski definition) is 6. The van der Waals surface area contributed by atoms with Gasteiger partial charge in [-0.25, -0.2) is 15.0 Å². The van der Waals surface area contributed by atoms with Crippen LogP contribution in [0.1, 0.15) is 42.3 Å². The molecule has 25 heavy (non-hydrogen) atoms. The Hall–Kier alpha value is -1.86. The monoisotopic (exact) mass is 359 g/mol. The molecule has 1 saturated heterocycles. The Kier molecular flexibility index (Phi) is 6.09. The van der Waals surface area contributed by atoms with Crippen molar-refractivity contribution in [2.75, 3.05) is 13.1 Å². The number of hydrogen-bond donors (Lipinski definition) is 0. The van der Waals surface area contributed by atoms with Gasteiger partial charge in [-0.2, -0.15) is 0 Å². The molecule has 134 valence electrons. The zero-order valence-electron chi connectivity index (χ0n) is 14.9. The second-order valence-electron chi connectivity index (χ2n) is 6.62. The van der Waals surface area contributed by atoms with Gasteiger partial charge in [0.25, 0.3) is 0 Å². The van der Waals surface area contributed by atoms with Crippen LogP contribution in [-0.2, 0) is 17.9 Å². The highest BCUT2D eigenvalue weighted by Crippen LogP contribution is 2.22. The minimum Gasteiger partial charge on any atom is -0.335 e. The normalized spacial score (nSPS) is 18.7. The average Bonchev–Trinajstić information content (AvgIpc) is 2.87. The molecule has 0 N–H and O–H groups in total. The maximum atomic E-state index is 12.2. The van der Waals surface area contributed by atoms with Crippen LogP contribution in [0.2, 0.25) is 0 Å². The number of likely N-dealkylation sites (tertiary alicyclic amines) is 1. The van der Waals surface area contributed by atoms with E-state index >= 15 is 0 Å². The van der Waals surface area contributed by atoms with Gasteiger partial charge in [0.15, 0.2) is 0 Å². The van der Waals surface area contributed by atoms with Crippen molar-refractivity contribution < 1.29 is 4.79 Å². The molecule has 0 aliphatic carbocycles. The second kappa shape index (κ2) is 8.49. The summed E-state index contributed by atoms with van der Waals surface area (Å²) in [7, 11) is 0. The van der Waals surface area contributed by atoms with Crippen molar-refractivity contribution in [1.29, 1.82) is 0 Å². The molecular formula is C18H25N5OS. The minimum atomic E-state index is 0.126. The highest BCUT2D eigenvalue weighted by molar-refractivity contribution is 7.09. The molecule has 2 aromatic heterocycles. The molecule has 1 amide bonds. The number of amides is 1. The van der Waals surface area contributed by atoms with E-state index < -0.39 is 0 Å². The van der Waals surface area contributed by atoms with E-state index in [-0.39, 0.29) is 11.9 Å². The van der Waals surface area contributed by atoms with Crippen molar-refractivity contribution in [1.82, 2.24) is 24.8 Å². The van der Waals surface area contributed by atoms with E-state index in [1.165, 1.54) is 11.2 Å². The molecule has 7 heteroatoms. The number of rotatable bonds is 5. The van der Waals surface area contributed by atoms with Crippen LogP contribution in [0.5, 0.6) is 0 Å². The summed E-state index contributed by atoms with van der Waals surface area (Å²) >= 11 is 1.73. The maximum absolute atomic E-state index is 12.2. The molecule has 0 bridgehead atoms. The third-order valence-corrected chi connectivity index (χ3v) is 5.73. The Balaban J connectivity index is 1.62. The van der Waals surface area contributed by atoms with Crippen molar-refractivity contribution in [2.24, 2.45) is 0 Å². The van der Waals surface area contributed by atoms with Gasteiger partial charge in [-0.15, -0.1) is 11.3 Å². The lowest BCUT2D eigenvalue weighted by Crippen LogP contribution is -2.39. The molecule has 1 aliphatic rings. The van der Waals surface area contributed by atoms with E-state index in [9.17, 15) is 4.79 Å². The first-order chi connectivity index (χ1) is 12.1. The topological polar surface area (TPSA) is 62.2 Å². The van der Waals surface area contributed by atoms with Crippen molar-refractivity contribution >= 4 is 17.2 Å². The Bertz CT molecular complexity index is 690. The van der Waals surface area contributed by atoms with Crippen LogP contribution in [0, 0.1) is 6.92 Å². The standard InChI is InChI=1S/C18H25N5OS/c1-14-18(25-13-21-14)11-22-6-3-4-17(5-7-22)23(15(2)24)10-16-8-19-12-20-9-16/h8-9,12-13,17H,3-7,10-11H2,1-2H3/t17-/m1/s1. The molecule has 0 radical (unpaired) electrons. The summed E-state index contributed by atoms with van der Waals surface area (Å²) in [5.41, 5.74) is 4.05. The number of aromatic nitrogens is 3. The van der Waals surface area contributed by atoms with Crippen LogP contribution in [0.4, 0.5) is 0 Å². The summed E-state index contributed by atoms with van der Waals surface area (Å²) < 4.78 is 0. The van der Waals surface area contributed by atoms with E-state index in [0.29, 0.717) is 6.54 Å². The van der Waals surface area contributed by atoms with Crippen molar-refractivity contribution in [2.45, 2.75) is 52.2 Å². The molecule has 1 fully saturated rings.